The fourth-order valence-electron chi connectivity index (χ4n) is 7.37. The quantitative estimate of drug-likeness (QED) is 0.0426. The van der Waals surface area contributed by atoms with Crippen LogP contribution >= 0.6 is 47.0 Å². The summed E-state index contributed by atoms with van der Waals surface area (Å²) in [5, 5.41) is 4.18. The maximum absolute atomic E-state index is 9.43. The summed E-state index contributed by atoms with van der Waals surface area (Å²) in [4.78, 5) is 75.5. The second-order valence-corrected chi connectivity index (χ2v) is 23.9. The van der Waals surface area contributed by atoms with E-state index in [1.807, 2.05) is 122 Å². The van der Waals surface area contributed by atoms with Gasteiger partial charge >= 0.3 is 34.1 Å². The first-order valence-electron chi connectivity index (χ1n) is 27.0. The number of pyridine rings is 4. The third-order valence-electron chi connectivity index (χ3n) is 11.4. The molecule has 0 aliphatic rings. The van der Waals surface area contributed by atoms with Gasteiger partial charge in [0.1, 0.15) is 0 Å². The van der Waals surface area contributed by atoms with Gasteiger partial charge in [0.05, 0.1) is 92.5 Å². The second-order valence-electron chi connectivity index (χ2n) is 19.0. The topological polar surface area (TPSA) is 346 Å². The van der Waals surface area contributed by atoms with Crippen molar-refractivity contribution in [1.29, 1.82) is 0 Å². The van der Waals surface area contributed by atoms with Gasteiger partial charge in [-0.2, -0.15) is 0 Å². The van der Waals surface area contributed by atoms with E-state index >= 15 is 0 Å². The van der Waals surface area contributed by atoms with Gasteiger partial charge in [-0.25, -0.2) is 57.2 Å². The number of thioether (sulfide) groups is 4. The maximum Gasteiger partial charge on any atom is 1.00 e. The van der Waals surface area contributed by atoms with E-state index in [0.29, 0.717) is 0 Å². The van der Waals surface area contributed by atoms with Gasteiger partial charge in [0.2, 0.25) is 19.2 Å². The number of fused-ring (bicyclic) bond motifs is 6. The standard InChI is InChI=1S/2C28H22N4S2.3C3H7NO.2ClHO4.2Cu/c2*1-33-25-9-5-3-7-23(25)29-17-21-15-13-19-11-12-20-14-16-22(32-28(20)27(19)31-21)18-30-24-8-4-6-10-26(24)34-2;3*1-4(2)3-5;2*2-1(3,4)5;;/h2*3-18H,1-2H3;3*3H,1-2H3;2*(H,2,3,4,5);;/q;;;;;;;2*+1/p-2. The molecule has 0 radical (unpaired) electrons. The van der Waals surface area contributed by atoms with Gasteiger partial charge in [0, 0.05) is 83.4 Å². The van der Waals surface area contributed by atoms with E-state index in [1.54, 1.807) is 89.3 Å². The van der Waals surface area contributed by atoms with Gasteiger partial charge in [0.15, 0.2) is 0 Å². The average molecular weight is 1500 g/mol. The summed E-state index contributed by atoms with van der Waals surface area (Å²) in [6, 6.07) is 57.0. The maximum atomic E-state index is 9.43. The third-order valence-corrected chi connectivity index (χ3v) is 14.6. The molecule has 95 heavy (non-hydrogen) atoms. The Morgan fingerprint density at radius 1 is 0.316 bits per heavy atom. The first-order chi connectivity index (χ1) is 44.3. The minimum Gasteiger partial charge on any atom is -0.351 e. The molecule has 506 valence electrons. The zero-order valence-corrected chi connectivity index (χ0v) is 59.3. The van der Waals surface area contributed by atoms with Crippen LogP contribution in [0.1, 0.15) is 22.8 Å². The molecule has 3 amide bonds. The Morgan fingerprint density at radius 2 is 0.474 bits per heavy atom. The van der Waals surface area contributed by atoms with E-state index in [4.69, 9.17) is 57.2 Å². The van der Waals surface area contributed by atoms with Gasteiger partial charge < -0.3 is 14.7 Å². The van der Waals surface area contributed by atoms with Gasteiger partial charge in [-0.15, -0.1) is 67.5 Å². The van der Waals surface area contributed by atoms with Gasteiger partial charge in [-0.05, 0) is 97.8 Å². The van der Waals surface area contributed by atoms with Crippen LogP contribution in [0.2, 0.25) is 0 Å². The van der Waals surface area contributed by atoms with E-state index in [1.165, 1.54) is 14.7 Å². The molecule has 0 atom stereocenters. The number of para-hydroxylation sites is 4. The van der Waals surface area contributed by atoms with Crippen molar-refractivity contribution < 1.29 is 106 Å². The van der Waals surface area contributed by atoms with Crippen LogP contribution < -0.4 is 37.3 Å². The molecular formula is C65H65Cl2Cu2N11O11S4. The van der Waals surface area contributed by atoms with E-state index in [0.717, 1.165) is 128 Å². The molecule has 0 bridgehead atoms. The summed E-state index contributed by atoms with van der Waals surface area (Å²) in [7, 11) is 0.236. The molecule has 0 unspecified atom stereocenters. The SMILES string of the molecule is CN(C)C=O.CN(C)C=O.CN(C)C=O.CSc1ccccc1N=Cc1ccc2ccc3ccc(C=Nc4ccccc4SC)nc3c2n1.CSc1ccccc1N=Cc1ccc2ccc3ccc(C=Nc4ccccc4SC)nc3c2n1.[Cu+].[Cu+].[O-][Cl+3]([O-])([O-])[O-].[O-][Cl+3]([O-])([O-])[O-]. The van der Waals surface area contributed by atoms with E-state index in [9.17, 15) is 14.4 Å². The molecule has 0 spiro atoms. The summed E-state index contributed by atoms with van der Waals surface area (Å²) >= 11 is 6.74. The summed E-state index contributed by atoms with van der Waals surface area (Å²) in [6.07, 6.45) is 17.7. The monoisotopic (exact) mass is 1500 g/mol. The van der Waals surface area contributed by atoms with Crippen LogP contribution in [0.15, 0.2) is 209 Å². The molecule has 10 aromatic rings. The van der Waals surface area contributed by atoms with Gasteiger partial charge in [-0.3, -0.25) is 34.4 Å². The van der Waals surface area contributed by atoms with Crippen LogP contribution in [-0.2, 0) is 48.5 Å². The molecule has 4 heterocycles. The summed E-state index contributed by atoms with van der Waals surface area (Å²) < 4.78 is 67.9. The minimum atomic E-state index is -4.94. The van der Waals surface area contributed by atoms with Crippen molar-refractivity contribution in [1.82, 2.24) is 34.6 Å². The largest absolute Gasteiger partial charge is 1.00 e. The molecule has 0 N–H and O–H groups in total. The van der Waals surface area contributed by atoms with Crippen molar-refractivity contribution in [2.45, 2.75) is 19.6 Å². The van der Waals surface area contributed by atoms with Crippen LogP contribution in [0.4, 0.5) is 22.7 Å². The van der Waals surface area contributed by atoms with Crippen LogP contribution in [0.5, 0.6) is 0 Å². The molecule has 0 fully saturated rings. The Kier molecular flexibility index (Phi) is 38.6. The predicted molar refractivity (Wildman–Crippen MR) is 355 cm³/mol. The van der Waals surface area contributed by atoms with E-state index in [2.05, 4.69) is 118 Å². The number of halogens is 2. The van der Waals surface area contributed by atoms with Crippen molar-refractivity contribution in [3.63, 3.8) is 0 Å². The molecule has 6 aromatic carbocycles. The minimum absolute atomic E-state index is 0. The fraction of sp³-hybridized carbons (Fsp3) is 0.154. The summed E-state index contributed by atoms with van der Waals surface area (Å²) in [5.41, 5.74) is 10.4. The van der Waals surface area contributed by atoms with Crippen molar-refractivity contribution in [2.75, 3.05) is 67.3 Å². The third kappa shape index (κ3) is 31.5. The zero-order valence-electron chi connectivity index (χ0n) is 52.6. The smallest absolute Gasteiger partial charge is 0.351 e. The van der Waals surface area contributed by atoms with Crippen LogP contribution in [0, 0.1) is 20.5 Å². The second kappa shape index (κ2) is 43.7. The Morgan fingerprint density at radius 3 is 0.632 bits per heavy atom. The number of benzene rings is 6. The molecule has 30 heteroatoms. The van der Waals surface area contributed by atoms with Crippen LogP contribution in [0.25, 0.3) is 43.6 Å². The van der Waals surface area contributed by atoms with Gasteiger partial charge in [0.25, 0.3) is 0 Å². The molecule has 0 aliphatic heterocycles. The van der Waals surface area contributed by atoms with Crippen LogP contribution in [-0.4, -0.2) is 146 Å². The molecular weight excluding hydrogens is 1440 g/mol. The predicted octanol–water partition coefficient (Wildman–Crippen LogP) is 5.05. The number of aliphatic imine (C=N–C) groups is 4. The van der Waals surface area contributed by atoms with Crippen molar-refractivity contribution in [2.24, 2.45) is 20.0 Å². The fourth-order valence-corrected chi connectivity index (χ4v) is 9.55. The number of carbonyl (C=O) groups is 3. The number of hydrogen-bond acceptors (Lipinski definition) is 23. The van der Waals surface area contributed by atoms with Gasteiger partial charge in [-0.1, -0.05) is 97.1 Å². The number of carbonyl (C=O) groups excluding carboxylic acids is 3. The van der Waals surface area contributed by atoms with Crippen molar-refractivity contribution in [3.05, 3.63) is 193 Å². The van der Waals surface area contributed by atoms with Crippen molar-refractivity contribution >= 4 is 157 Å². The van der Waals surface area contributed by atoms with E-state index < -0.39 is 20.5 Å². The summed E-state index contributed by atoms with van der Waals surface area (Å²) in [6.45, 7) is 0. The first-order valence-corrected chi connectivity index (χ1v) is 34.4. The number of amides is 3. The normalized spacial score (nSPS) is 10.8. The number of rotatable bonds is 15. The number of nitrogens with zero attached hydrogens (tertiary/aromatic N) is 11. The Bertz CT molecular complexity index is 3660. The Hall–Kier alpha value is -7.25. The molecule has 4 aromatic heterocycles. The molecule has 10 rings (SSSR count). The molecule has 0 saturated carbocycles. The number of hydrogen-bond donors (Lipinski definition) is 0. The molecule has 0 saturated heterocycles. The van der Waals surface area contributed by atoms with Crippen molar-refractivity contribution in [3.8, 4) is 0 Å². The first kappa shape index (κ1) is 83.8. The number of aromatic nitrogens is 4. The molecule has 22 nitrogen and oxygen atoms in total. The summed E-state index contributed by atoms with van der Waals surface area (Å²) in [5.74, 6) is 0. The molecule has 0 aliphatic carbocycles. The Labute approximate surface area is 593 Å². The average Bonchev–Trinajstić information content (AvgIpc) is 0.796. The zero-order chi connectivity index (χ0) is 68.5. The Balaban J connectivity index is 0.000000470. The van der Waals surface area contributed by atoms with Crippen LogP contribution in [0.3, 0.4) is 0 Å². The van der Waals surface area contributed by atoms with E-state index in [-0.39, 0.29) is 34.1 Å².